The molecule has 25 heavy (non-hydrogen) atoms. The summed E-state index contributed by atoms with van der Waals surface area (Å²) < 4.78 is 16.8. The van der Waals surface area contributed by atoms with Crippen LogP contribution in [0.3, 0.4) is 0 Å². The van der Waals surface area contributed by atoms with E-state index in [1.165, 1.54) is 10.8 Å². The second-order valence-electron chi connectivity index (χ2n) is 3.24. The van der Waals surface area contributed by atoms with Gasteiger partial charge in [0.2, 0.25) is 0 Å². The number of benzene rings is 1. The second-order valence-corrected chi connectivity index (χ2v) is 3.41. The van der Waals surface area contributed by atoms with Gasteiger partial charge in [0, 0.05) is 0 Å². The number of allylic oxidation sites excluding steroid dienone is 4. The summed E-state index contributed by atoms with van der Waals surface area (Å²) >= 11 is 1.75. The van der Waals surface area contributed by atoms with Crippen LogP contribution in [0.4, 0.5) is 0 Å². The van der Waals surface area contributed by atoms with Crippen LogP contribution in [0.15, 0.2) is 60.7 Å². The van der Waals surface area contributed by atoms with Gasteiger partial charge < -0.3 is 29.7 Å². The van der Waals surface area contributed by atoms with Gasteiger partial charge in [-0.3, -0.25) is 6.08 Å². The summed E-state index contributed by atoms with van der Waals surface area (Å²) in [5.41, 5.74) is 0. The van der Waals surface area contributed by atoms with Gasteiger partial charge in [0.05, 0.1) is 0 Å². The van der Waals surface area contributed by atoms with Crippen LogP contribution < -0.4 is 0 Å². The minimum absolute atomic E-state index is 0. The van der Waals surface area contributed by atoms with Crippen LogP contribution in [-0.2, 0) is 29.1 Å². The Morgan fingerprint density at radius 1 is 1.00 bits per heavy atom. The molecule has 146 valence electrons. The minimum Gasteiger partial charge on any atom is -0.358 e. The largest absolute Gasteiger partial charge is 0.358 e. The Kier molecular flexibility index (Phi) is 61.2. The number of fused-ring (bicyclic) bond motifs is 1. The van der Waals surface area contributed by atoms with Gasteiger partial charge in [0.15, 0.2) is 0 Å². The monoisotopic (exact) mass is 438 g/mol. The third-order valence-corrected chi connectivity index (χ3v) is 2.13. The van der Waals surface area contributed by atoms with Crippen molar-refractivity contribution in [1.82, 2.24) is 0 Å². The van der Waals surface area contributed by atoms with Gasteiger partial charge in [0.25, 0.3) is 0 Å². The van der Waals surface area contributed by atoms with Crippen LogP contribution >= 0.6 is 33.2 Å². The Balaban J connectivity index is -0.0000000363. The first kappa shape index (κ1) is 44.1. The number of rotatable bonds is 0. The summed E-state index contributed by atoms with van der Waals surface area (Å²) in [4.78, 5) is 3.25. The van der Waals surface area contributed by atoms with Crippen LogP contribution in [0, 0.1) is 35.8 Å². The summed E-state index contributed by atoms with van der Waals surface area (Å²) in [5.74, 6) is 0. The molecule has 0 radical (unpaired) electrons. The Labute approximate surface area is 180 Å². The molecule has 1 aliphatic rings. The molecule has 2 aromatic carbocycles. The SMILES string of the molecule is Cl.Cl.O=[PH]=O.[C-]1=CC=CC1.[CH2]=[Ti].[CH3-].[CH3-].[CH3-].[CH3-].c1ccc2[cH-]ccc2c1. The molecule has 0 saturated carbocycles. The van der Waals surface area contributed by atoms with E-state index in [9.17, 15) is 0 Å². The van der Waals surface area contributed by atoms with E-state index in [1.807, 2.05) is 12.2 Å². The van der Waals surface area contributed by atoms with E-state index in [4.69, 9.17) is 9.13 Å². The number of halogens is 2. The van der Waals surface area contributed by atoms with Crippen LogP contribution in [0.25, 0.3) is 10.8 Å². The van der Waals surface area contributed by atoms with Crippen molar-refractivity contribution in [3.63, 3.8) is 0 Å². The maximum Gasteiger partial charge on any atom is -0.0809 e. The Bertz CT molecular complexity index is 523. The van der Waals surface area contributed by atoms with Gasteiger partial charge in [-0.15, -0.1) is 60.9 Å². The van der Waals surface area contributed by atoms with Gasteiger partial charge in [-0.05, 0) is 0 Å². The smallest absolute Gasteiger partial charge is 0.0809 e. The first-order valence-electron chi connectivity index (χ1n) is 5.55. The normalized spacial score (nSPS) is 7.80. The Morgan fingerprint density at radius 2 is 1.52 bits per heavy atom. The zero-order valence-corrected chi connectivity index (χ0v) is 19.5. The fourth-order valence-corrected chi connectivity index (χ4v) is 1.41. The van der Waals surface area contributed by atoms with Crippen LogP contribution in [-0.4, -0.2) is 4.82 Å². The molecule has 0 bridgehead atoms. The maximum absolute atomic E-state index is 8.40. The fourth-order valence-electron chi connectivity index (χ4n) is 1.41. The molecule has 0 amide bonds. The zero-order chi connectivity index (χ0) is 14.3. The van der Waals surface area contributed by atoms with Gasteiger partial charge in [0.1, 0.15) is 0 Å². The van der Waals surface area contributed by atoms with Crippen molar-refractivity contribution >= 4 is 48.7 Å². The van der Waals surface area contributed by atoms with E-state index in [0.29, 0.717) is 0 Å². The van der Waals surface area contributed by atoms with Crippen molar-refractivity contribution in [2.45, 2.75) is 6.42 Å². The molecule has 0 atom stereocenters. The topological polar surface area (TPSA) is 34.1 Å². The van der Waals surface area contributed by atoms with Crippen molar-refractivity contribution in [2.75, 3.05) is 0 Å². The maximum atomic E-state index is 8.40. The van der Waals surface area contributed by atoms with E-state index in [1.54, 1.807) is 20.0 Å². The van der Waals surface area contributed by atoms with Crippen molar-refractivity contribution < 1.29 is 29.1 Å². The van der Waals surface area contributed by atoms with Gasteiger partial charge >= 0.3 is 33.1 Å². The quantitative estimate of drug-likeness (QED) is 0.256. The fraction of sp³-hybridized carbons (Fsp3) is 0.0526. The van der Waals surface area contributed by atoms with Crippen molar-refractivity contribution in [2.24, 2.45) is 0 Å². The average Bonchev–Trinajstić information content (AvgIpc) is 3.16. The summed E-state index contributed by atoms with van der Waals surface area (Å²) in [7, 11) is -1.42. The molecule has 0 saturated heterocycles. The standard InChI is InChI=1S/C9H7.C5H5.4CH3.CH2.2ClH.HO2P.Ti/c1-2-5-9-7-3-6-8(9)4-1;1-2-4-5-3-1;;;;;;;;1-3-2;/h1-7H;1-3H,4H2;4*1H3;1H2;2*1H;3H;/q6*-1;;;;;. The van der Waals surface area contributed by atoms with Gasteiger partial charge in [-0.1, -0.05) is 6.07 Å². The summed E-state index contributed by atoms with van der Waals surface area (Å²) in [6.07, 6.45) is 10.0. The van der Waals surface area contributed by atoms with E-state index < -0.39 is 8.34 Å². The summed E-state index contributed by atoms with van der Waals surface area (Å²) in [6.45, 7) is 0. The molecule has 3 rings (SSSR count). The summed E-state index contributed by atoms with van der Waals surface area (Å²) in [6, 6.07) is 14.7. The molecule has 0 aliphatic heterocycles. The first-order chi connectivity index (χ1) is 9.38. The first-order valence-corrected chi connectivity index (χ1v) is 7.47. The molecule has 0 fully saturated rings. The van der Waals surface area contributed by atoms with E-state index in [-0.39, 0.29) is 54.5 Å². The van der Waals surface area contributed by atoms with Crippen LogP contribution in [0.5, 0.6) is 0 Å². The molecule has 2 aromatic rings. The minimum atomic E-state index is -1.42. The molecule has 6 heteroatoms. The third-order valence-electron chi connectivity index (χ3n) is 2.13. The van der Waals surface area contributed by atoms with Crippen molar-refractivity contribution in [1.29, 1.82) is 0 Å². The van der Waals surface area contributed by atoms with Crippen molar-refractivity contribution in [3.8, 4) is 0 Å². The predicted molar refractivity (Wildman–Crippen MR) is 118 cm³/mol. The summed E-state index contributed by atoms with van der Waals surface area (Å²) in [5, 5.41) is 2.66. The van der Waals surface area contributed by atoms with Crippen molar-refractivity contribution in [3.05, 3.63) is 96.5 Å². The molecule has 0 spiro atoms. The van der Waals surface area contributed by atoms with Gasteiger partial charge in [-0.25, -0.2) is 21.3 Å². The molecule has 0 aromatic heterocycles. The molecular weight excluding hydrogens is 410 g/mol. The zero-order valence-electron chi connectivity index (χ0n) is 15.3. The Morgan fingerprint density at radius 3 is 1.88 bits per heavy atom. The van der Waals surface area contributed by atoms with Crippen LogP contribution in [0.2, 0.25) is 0 Å². The van der Waals surface area contributed by atoms with Gasteiger partial charge in [-0.2, -0.15) is 23.6 Å². The predicted octanol–water partition coefficient (Wildman–Crippen LogP) is 6.83. The Hall–Kier alpha value is -0.626. The molecule has 2 nitrogen and oxygen atoms in total. The molecular formula is C19H29Cl2O2PTi-6. The second kappa shape index (κ2) is 34.7. The molecule has 0 heterocycles. The molecule has 0 unspecified atom stereocenters. The number of hydrogen-bond donors (Lipinski definition) is 0. The van der Waals surface area contributed by atoms with E-state index in [2.05, 4.69) is 59.4 Å². The average molecular weight is 439 g/mol. The third kappa shape index (κ3) is 23.4. The molecule has 1 aliphatic carbocycles. The van der Waals surface area contributed by atoms with E-state index in [0.717, 1.165) is 6.42 Å². The van der Waals surface area contributed by atoms with E-state index >= 15 is 0 Å². The molecule has 0 N–H and O–H groups in total. The number of hydrogen-bond acceptors (Lipinski definition) is 2. The van der Waals surface area contributed by atoms with Crippen LogP contribution in [0.1, 0.15) is 6.42 Å².